The van der Waals surface area contributed by atoms with Crippen LogP contribution in [0.25, 0.3) is 0 Å². The predicted octanol–water partition coefficient (Wildman–Crippen LogP) is 7.31. The Labute approximate surface area is 169 Å². The molecule has 2 heteroatoms. The molecule has 0 aromatic carbocycles. The van der Waals surface area contributed by atoms with Crippen LogP contribution in [-0.2, 0) is 4.74 Å². The van der Waals surface area contributed by atoms with Gasteiger partial charge >= 0.3 is 0 Å². The second-order valence-electron chi connectivity index (χ2n) is 7.02. The smallest absolute Gasteiger partial charge is 0.0803 e. The standard InChI is InChI=1S/C25H44O2/c1-3-5-6-7-8-9-10-11-12-13-14-15-16-17-18-19-20-21-22-23-27-25(4-2)24-26/h8-9,11-12,14-15,17-18,25-26H,3-7,10,13,16,19-24H2,1-2H3/b9-8+,12-11+,15-14-,18-17+. The van der Waals surface area contributed by atoms with E-state index in [0.717, 1.165) is 45.1 Å². The third-order valence-corrected chi connectivity index (χ3v) is 4.49. The Balaban J connectivity index is 3.39. The van der Waals surface area contributed by atoms with Crippen LogP contribution in [0.15, 0.2) is 48.6 Å². The van der Waals surface area contributed by atoms with Crippen molar-refractivity contribution in [3.8, 4) is 0 Å². The summed E-state index contributed by atoms with van der Waals surface area (Å²) >= 11 is 0. The first-order chi connectivity index (χ1) is 13.3. The summed E-state index contributed by atoms with van der Waals surface area (Å²) in [7, 11) is 0. The van der Waals surface area contributed by atoms with E-state index in [-0.39, 0.29) is 12.7 Å². The summed E-state index contributed by atoms with van der Waals surface area (Å²) in [6.07, 6.45) is 32.0. The molecule has 0 aliphatic carbocycles. The van der Waals surface area contributed by atoms with Crippen LogP contribution in [0.5, 0.6) is 0 Å². The molecule has 0 rings (SSSR count). The van der Waals surface area contributed by atoms with E-state index in [4.69, 9.17) is 9.84 Å². The Morgan fingerprint density at radius 3 is 1.67 bits per heavy atom. The Kier molecular flexibility index (Phi) is 22.0. The average molecular weight is 377 g/mol. The van der Waals surface area contributed by atoms with Crippen LogP contribution in [0, 0.1) is 0 Å². The lowest BCUT2D eigenvalue weighted by Gasteiger charge is -2.12. The minimum Gasteiger partial charge on any atom is -0.394 e. The van der Waals surface area contributed by atoms with Gasteiger partial charge in [0.2, 0.25) is 0 Å². The molecule has 0 heterocycles. The van der Waals surface area contributed by atoms with Gasteiger partial charge < -0.3 is 9.84 Å². The first-order valence-corrected chi connectivity index (χ1v) is 11.2. The molecule has 0 amide bonds. The van der Waals surface area contributed by atoms with Gasteiger partial charge in [0.05, 0.1) is 12.7 Å². The molecule has 0 spiro atoms. The molecule has 0 fully saturated rings. The van der Waals surface area contributed by atoms with Crippen molar-refractivity contribution < 1.29 is 9.84 Å². The van der Waals surface area contributed by atoms with Gasteiger partial charge in [-0.2, -0.15) is 0 Å². The number of hydrogen-bond donors (Lipinski definition) is 1. The topological polar surface area (TPSA) is 29.5 Å². The van der Waals surface area contributed by atoms with E-state index in [1.807, 2.05) is 6.92 Å². The summed E-state index contributed by atoms with van der Waals surface area (Å²) in [5.74, 6) is 0. The highest BCUT2D eigenvalue weighted by atomic mass is 16.5. The van der Waals surface area contributed by atoms with E-state index in [1.165, 1.54) is 38.5 Å². The molecule has 0 aromatic rings. The largest absolute Gasteiger partial charge is 0.394 e. The highest BCUT2D eigenvalue weighted by Gasteiger charge is 2.02. The Hall–Kier alpha value is -1.12. The zero-order valence-electron chi connectivity index (χ0n) is 18.0. The highest BCUT2D eigenvalue weighted by molar-refractivity contribution is 4.99. The summed E-state index contributed by atoms with van der Waals surface area (Å²) in [6, 6.07) is 0. The van der Waals surface area contributed by atoms with Crippen LogP contribution in [0.2, 0.25) is 0 Å². The van der Waals surface area contributed by atoms with Crippen LogP contribution in [0.1, 0.15) is 90.9 Å². The summed E-state index contributed by atoms with van der Waals surface area (Å²) < 4.78 is 5.59. The Morgan fingerprint density at radius 1 is 0.667 bits per heavy atom. The lowest BCUT2D eigenvalue weighted by Crippen LogP contribution is -2.16. The number of unbranched alkanes of at least 4 members (excludes halogenated alkanes) is 6. The SMILES string of the molecule is CCCCC/C=C/C/C=C/C/C=C\C/C=C/CCCCCOC(CC)CO. The maximum atomic E-state index is 9.04. The molecule has 0 aliphatic heterocycles. The van der Waals surface area contributed by atoms with Crippen LogP contribution in [0.4, 0.5) is 0 Å². The lowest BCUT2D eigenvalue weighted by atomic mass is 10.2. The lowest BCUT2D eigenvalue weighted by molar-refractivity contribution is 0.00936. The maximum absolute atomic E-state index is 9.04. The molecule has 156 valence electrons. The van der Waals surface area contributed by atoms with Crippen molar-refractivity contribution in [2.45, 2.75) is 97.0 Å². The van der Waals surface area contributed by atoms with Gasteiger partial charge in [-0.25, -0.2) is 0 Å². The zero-order valence-corrected chi connectivity index (χ0v) is 18.0. The van der Waals surface area contributed by atoms with Crippen LogP contribution >= 0.6 is 0 Å². The fourth-order valence-corrected chi connectivity index (χ4v) is 2.65. The average Bonchev–Trinajstić information content (AvgIpc) is 2.69. The molecule has 1 unspecified atom stereocenters. The highest BCUT2D eigenvalue weighted by Crippen LogP contribution is 2.05. The summed E-state index contributed by atoms with van der Waals surface area (Å²) in [5, 5.41) is 9.04. The fraction of sp³-hybridized carbons (Fsp3) is 0.680. The number of allylic oxidation sites excluding steroid dienone is 8. The van der Waals surface area contributed by atoms with E-state index in [2.05, 4.69) is 55.5 Å². The molecular formula is C25H44O2. The van der Waals surface area contributed by atoms with Gasteiger partial charge in [0.25, 0.3) is 0 Å². The summed E-state index contributed by atoms with van der Waals surface area (Å²) in [6.45, 7) is 5.20. The summed E-state index contributed by atoms with van der Waals surface area (Å²) in [4.78, 5) is 0. The maximum Gasteiger partial charge on any atom is 0.0803 e. The number of ether oxygens (including phenoxy) is 1. The number of rotatable bonds is 19. The monoisotopic (exact) mass is 376 g/mol. The van der Waals surface area contributed by atoms with Crippen LogP contribution < -0.4 is 0 Å². The second kappa shape index (κ2) is 22.9. The molecular weight excluding hydrogens is 332 g/mol. The number of aliphatic hydroxyl groups excluding tert-OH is 1. The normalized spacial score (nSPS) is 13.7. The zero-order chi connectivity index (χ0) is 19.8. The van der Waals surface area contributed by atoms with E-state index in [9.17, 15) is 0 Å². The van der Waals surface area contributed by atoms with Gasteiger partial charge in [-0.1, -0.05) is 81.7 Å². The molecule has 0 bridgehead atoms. The van der Waals surface area contributed by atoms with Crippen molar-refractivity contribution >= 4 is 0 Å². The van der Waals surface area contributed by atoms with Crippen LogP contribution in [0.3, 0.4) is 0 Å². The quantitative estimate of drug-likeness (QED) is 0.189. The van der Waals surface area contributed by atoms with E-state index >= 15 is 0 Å². The second-order valence-corrected chi connectivity index (χ2v) is 7.02. The molecule has 0 saturated carbocycles. The molecule has 0 aromatic heterocycles. The van der Waals surface area contributed by atoms with Crippen molar-refractivity contribution in [1.82, 2.24) is 0 Å². The van der Waals surface area contributed by atoms with Gasteiger partial charge in [-0.05, 0) is 57.8 Å². The molecule has 27 heavy (non-hydrogen) atoms. The van der Waals surface area contributed by atoms with Crippen LogP contribution in [-0.4, -0.2) is 24.4 Å². The third-order valence-electron chi connectivity index (χ3n) is 4.49. The van der Waals surface area contributed by atoms with Gasteiger partial charge in [0.1, 0.15) is 0 Å². The van der Waals surface area contributed by atoms with E-state index in [0.29, 0.717) is 0 Å². The molecule has 0 saturated heterocycles. The van der Waals surface area contributed by atoms with Crippen molar-refractivity contribution in [1.29, 1.82) is 0 Å². The molecule has 1 atom stereocenters. The van der Waals surface area contributed by atoms with Gasteiger partial charge in [0, 0.05) is 6.61 Å². The first-order valence-electron chi connectivity index (χ1n) is 11.2. The Bertz CT molecular complexity index is 389. The predicted molar refractivity (Wildman–Crippen MR) is 120 cm³/mol. The number of hydrogen-bond acceptors (Lipinski definition) is 2. The van der Waals surface area contributed by atoms with Gasteiger partial charge in [-0.3, -0.25) is 0 Å². The van der Waals surface area contributed by atoms with Crippen molar-refractivity contribution in [3.05, 3.63) is 48.6 Å². The first kappa shape index (κ1) is 25.9. The molecule has 0 aliphatic rings. The molecule has 2 nitrogen and oxygen atoms in total. The Morgan fingerprint density at radius 2 is 1.19 bits per heavy atom. The summed E-state index contributed by atoms with van der Waals surface area (Å²) in [5.41, 5.74) is 0. The minimum absolute atomic E-state index is 0.0264. The fourth-order valence-electron chi connectivity index (χ4n) is 2.65. The van der Waals surface area contributed by atoms with E-state index in [1.54, 1.807) is 0 Å². The van der Waals surface area contributed by atoms with E-state index < -0.39 is 0 Å². The van der Waals surface area contributed by atoms with Gasteiger partial charge in [-0.15, -0.1) is 0 Å². The van der Waals surface area contributed by atoms with Crippen molar-refractivity contribution in [3.63, 3.8) is 0 Å². The number of aliphatic hydroxyl groups is 1. The minimum atomic E-state index is 0.0264. The molecule has 1 N–H and O–H groups in total. The van der Waals surface area contributed by atoms with Gasteiger partial charge in [0.15, 0.2) is 0 Å². The van der Waals surface area contributed by atoms with Crippen molar-refractivity contribution in [2.75, 3.05) is 13.2 Å². The van der Waals surface area contributed by atoms with Crippen molar-refractivity contribution in [2.24, 2.45) is 0 Å². The third kappa shape index (κ3) is 21.0. The molecule has 0 radical (unpaired) electrons.